The maximum atomic E-state index is 12.1. The molecule has 0 bridgehead atoms. The van der Waals surface area contributed by atoms with E-state index in [2.05, 4.69) is 36.6 Å². The van der Waals surface area contributed by atoms with Crippen LogP contribution in [0.2, 0.25) is 0 Å². The SMILES string of the molecule is CCNC1CCC(NC(=O)CCc2ccccc2C)CC1. The molecular formula is C18H28N2O. The highest BCUT2D eigenvalue weighted by atomic mass is 16.1. The molecule has 3 heteroatoms. The van der Waals surface area contributed by atoms with Gasteiger partial charge in [0, 0.05) is 18.5 Å². The summed E-state index contributed by atoms with van der Waals surface area (Å²) in [7, 11) is 0. The van der Waals surface area contributed by atoms with Crippen molar-refractivity contribution in [3.05, 3.63) is 35.4 Å². The summed E-state index contributed by atoms with van der Waals surface area (Å²) in [6.07, 6.45) is 6.00. The number of amides is 1. The van der Waals surface area contributed by atoms with Crippen molar-refractivity contribution in [1.29, 1.82) is 0 Å². The van der Waals surface area contributed by atoms with Crippen molar-refractivity contribution >= 4 is 5.91 Å². The average Bonchev–Trinajstić information content (AvgIpc) is 2.49. The molecule has 1 aliphatic carbocycles. The summed E-state index contributed by atoms with van der Waals surface area (Å²) in [5, 5.41) is 6.70. The molecule has 21 heavy (non-hydrogen) atoms. The first kappa shape index (κ1) is 16.0. The molecule has 0 spiro atoms. The lowest BCUT2D eigenvalue weighted by atomic mass is 9.91. The molecule has 1 amide bonds. The van der Waals surface area contributed by atoms with Crippen LogP contribution in [-0.2, 0) is 11.2 Å². The van der Waals surface area contributed by atoms with Crippen molar-refractivity contribution in [2.45, 2.75) is 64.5 Å². The van der Waals surface area contributed by atoms with Gasteiger partial charge < -0.3 is 10.6 Å². The predicted molar refractivity (Wildman–Crippen MR) is 87.4 cm³/mol. The van der Waals surface area contributed by atoms with Crippen molar-refractivity contribution in [3.63, 3.8) is 0 Å². The lowest BCUT2D eigenvalue weighted by Gasteiger charge is -2.29. The van der Waals surface area contributed by atoms with Gasteiger partial charge in [-0.3, -0.25) is 4.79 Å². The lowest BCUT2D eigenvalue weighted by Crippen LogP contribution is -2.42. The molecule has 116 valence electrons. The molecule has 0 atom stereocenters. The third-order valence-electron chi connectivity index (χ3n) is 4.47. The van der Waals surface area contributed by atoms with Gasteiger partial charge in [-0.25, -0.2) is 0 Å². The molecular weight excluding hydrogens is 260 g/mol. The third kappa shape index (κ3) is 5.16. The second kappa shape index (κ2) is 8.18. The molecule has 1 aromatic rings. The maximum absolute atomic E-state index is 12.1. The number of carbonyl (C=O) groups is 1. The molecule has 0 unspecified atom stereocenters. The monoisotopic (exact) mass is 288 g/mol. The van der Waals surface area contributed by atoms with Crippen LogP contribution in [0.25, 0.3) is 0 Å². The van der Waals surface area contributed by atoms with Crippen LogP contribution in [-0.4, -0.2) is 24.5 Å². The molecule has 0 radical (unpaired) electrons. The molecule has 2 rings (SSSR count). The van der Waals surface area contributed by atoms with Crippen LogP contribution >= 0.6 is 0 Å². The Balaban J connectivity index is 1.70. The average molecular weight is 288 g/mol. The second-order valence-corrected chi connectivity index (χ2v) is 6.10. The van der Waals surface area contributed by atoms with E-state index in [-0.39, 0.29) is 5.91 Å². The Bertz CT molecular complexity index is 450. The van der Waals surface area contributed by atoms with Crippen LogP contribution in [0.3, 0.4) is 0 Å². The van der Waals surface area contributed by atoms with Crippen molar-refractivity contribution < 1.29 is 4.79 Å². The number of nitrogens with one attached hydrogen (secondary N) is 2. The minimum absolute atomic E-state index is 0.199. The first-order valence-electron chi connectivity index (χ1n) is 8.26. The van der Waals surface area contributed by atoms with Gasteiger partial charge in [-0.15, -0.1) is 0 Å². The van der Waals surface area contributed by atoms with Crippen molar-refractivity contribution in [2.24, 2.45) is 0 Å². The normalized spacial score (nSPS) is 22.0. The van der Waals surface area contributed by atoms with Gasteiger partial charge in [0.25, 0.3) is 0 Å². The summed E-state index contributed by atoms with van der Waals surface area (Å²) >= 11 is 0. The third-order valence-corrected chi connectivity index (χ3v) is 4.47. The Morgan fingerprint density at radius 3 is 2.48 bits per heavy atom. The van der Waals surface area contributed by atoms with Crippen molar-refractivity contribution in [1.82, 2.24) is 10.6 Å². The lowest BCUT2D eigenvalue weighted by molar-refractivity contribution is -0.122. The second-order valence-electron chi connectivity index (χ2n) is 6.10. The fourth-order valence-electron chi connectivity index (χ4n) is 3.17. The molecule has 1 aromatic carbocycles. The van der Waals surface area contributed by atoms with E-state index < -0.39 is 0 Å². The van der Waals surface area contributed by atoms with E-state index >= 15 is 0 Å². The van der Waals surface area contributed by atoms with Crippen LogP contribution in [0.5, 0.6) is 0 Å². The summed E-state index contributed by atoms with van der Waals surface area (Å²) < 4.78 is 0. The van der Waals surface area contributed by atoms with E-state index in [0.29, 0.717) is 18.5 Å². The first-order chi connectivity index (χ1) is 10.2. The highest BCUT2D eigenvalue weighted by molar-refractivity contribution is 5.76. The van der Waals surface area contributed by atoms with Crippen molar-refractivity contribution in [2.75, 3.05) is 6.54 Å². The molecule has 0 aromatic heterocycles. The number of aryl methyl sites for hydroxylation is 2. The summed E-state index contributed by atoms with van der Waals surface area (Å²) in [6.45, 7) is 5.30. The molecule has 0 aliphatic heterocycles. The van der Waals surface area contributed by atoms with Crippen molar-refractivity contribution in [3.8, 4) is 0 Å². The number of rotatable bonds is 6. The Hall–Kier alpha value is -1.35. The Kier molecular flexibility index (Phi) is 6.24. The number of hydrogen-bond donors (Lipinski definition) is 2. The van der Waals surface area contributed by atoms with Crippen LogP contribution in [0.15, 0.2) is 24.3 Å². The summed E-state index contributed by atoms with van der Waals surface area (Å²) in [5.41, 5.74) is 2.56. The minimum Gasteiger partial charge on any atom is -0.353 e. The predicted octanol–water partition coefficient (Wildman–Crippen LogP) is 2.96. The van der Waals surface area contributed by atoms with Gasteiger partial charge in [0.05, 0.1) is 0 Å². The summed E-state index contributed by atoms with van der Waals surface area (Å²) in [5.74, 6) is 0.199. The largest absolute Gasteiger partial charge is 0.353 e. The van der Waals surface area contributed by atoms with Crippen LogP contribution in [0.4, 0.5) is 0 Å². The zero-order valence-corrected chi connectivity index (χ0v) is 13.3. The van der Waals surface area contributed by atoms with E-state index in [1.807, 2.05) is 12.1 Å². The Morgan fingerprint density at radius 1 is 1.14 bits per heavy atom. The molecule has 1 fully saturated rings. The zero-order valence-electron chi connectivity index (χ0n) is 13.3. The van der Waals surface area contributed by atoms with E-state index in [1.165, 1.54) is 24.0 Å². The highest BCUT2D eigenvalue weighted by Crippen LogP contribution is 2.19. The van der Waals surface area contributed by atoms with Gasteiger partial charge in [-0.1, -0.05) is 31.2 Å². The molecule has 0 heterocycles. The number of hydrogen-bond acceptors (Lipinski definition) is 2. The summed E-state index contributed by atoms with van der Waals surface area (Å²) in [6, 6.07) is 9.34. The van der Waals surface area contributed by atoms with E-state index in [4.69, 9.17) is 0 Å². The standard InChI is InChI=1S/C18H28N2O/c1-3-19-16-9-11-17(12-10-16)20-18(21)13-8-15-7-5-4-6-14(15)2/h4-7,16-17,19H,3,8-13H2,1-2H3,(H,20,21). The van der Waals surface area contributed by atoms with E-state index in [9.17, 15) is 4.79 Å². The molecule has 3 nitrogen and oxygen atoms in total. The zero-order chi connectivity index (χ0) is 15.1. The van der Waals surface area contributed by atoms with Gasteiger partial charge in [-0.05, 0) is 56.7 Å². The number of carbonyl (C=O) groups excluding carboxylic acids is 1. The molecule has 1 aliphatic rings. The van der Waals surface area contributed by atoms with Crippen LogP contribution < -0.4 is 10.6 Å². The topological polar surface area (TPSA) is 41.1 Å². The highest BCUT2D eigenvalue weighted by Gasteiger charge is 2.21. The van der Waals surface area contributed by atoms with Gasteiger partial charge in [0.15, 0.2) is 0 Å². The first-order valence-corrected chi connectivity index (χ1v) is 8.26. The van der Waals surface area contributed by atoms with Gasteiger partial charge in [-0.2, -0.15) is 0 Å². The molecule has 1 saturated carbocycles. The Labute approximate surface area is 128 Å². The fraction of sp³-hybridized carbons (Fsp3) is 0.611. The Morgan fingerprint density at radius 2 is 1.81 bits per heavy atom. The molecule has 2 N–H and O–H groups in total. The maximum Gasteiger partial charge on any atom is 0.220 e. The summed E-state index contributed by atoms with van der Waals surface area (Å²) in [4.78, 5) is 12.1. The van der Waals surface area contributed by atoms with E-state index in [1.54, 1.807) is 0 Å². The van der Waals surface area contributed by atoms with Gasteiger partial charge >= 0.3 is 0 Å². The number of benzene rings is 1. The quantitative estimate of drug-likeness (QED) is 0.845. The van der Waals surface area contributed by atoms with Crippen LogP contribution in [0, 0.1) is 6.92 Å². The van der Waals surface area contributed by atoms with Gasteiger partial charge in [0.1, 0.15) is 0 Å². The molecule has 0 saturated heterocycles. The fourth-order valence-corrected chi connectivity index (χ4v) is 3.17. The van der Waals surface area contributed by atoms with E-state index in [0.717, 1.165) is 25.8 Å². The minimum atomic E-state index is 0.199. The van der Waals surface area contributed by atoms with Gasteiger partial charge in [0.2, 0.25) is 5.91 Å². The smallest absolute Gasteiger partial charge is 0.220 e. The van der Waals surface area contributed by atoms with Crippen LogP contribution in [0.1, 0.15) is 50.2 Å².